The summed E-state index contributed by atoms with van der Waals surface area (Å²) in [4.78, 5) is 15.7. The molecular formula is C10H13F2NO2S. The molecule has 0 saturated carbocycles. The molecule has 0 bridgehead atoms. The zero-order chi connectivity index (χ0) is 12.3. The Morgan fingerprint density at radius 3 is 2.69 bits per heavy atom. The fourth-order valence-corrected chi connectivity index (χ4v) is 2.23. The Kier molecular flexibility index (Phi) is 3.96. The number of halogens is 2. The molecule has 0 aliphatic carbocycles. The van der Waals surface area contributed by atoms with Gasteiger partial charge in [0.2, 0.25) is 10.9 Å². The molecule has 0 spiro atoms. The molecule has 0 aromatic carbocycles. The van der Waals surface area contributed by atoms with Crippen LogP contribution in [0.25, 0.3) is 0 Å². The molecular weight excluding hydrogens is 236 g/mol. The van der Waals surface area contributed by atoms with Crippen molar-refractivity contribution < 1.29 is 18.3 Å². The Hall–Kier alpha value is -1.04. The minimum atomic E-state index is -2.79. The molecule has 1 heterocycles. The van der Waals surface area contributed by atoms with E-state index >= 15 is 0 Å². The molecule has 0 N–H and O–H groups in total. The third-order valence-corrected chi connectivity index (χ3v) is 2.95. The smallest absolute Gasteiger partial charge is 0.367 e. The average molecular weight is 249 g/mol. The number of hydrogen-bond donors (Lipinski definition) is 0. The first-order chi connectivity index (χ1) is 7.33. The molecule has 0 fully saturated rings. The maximum absolute atomic E-state index is 12.8. The molecule has 0 saturated heterocycles. The van der Waals surface area contributed by atoms with E-state index in [-0.39, 0.29) is 11.6 Å². The van der Waals surface area contributed by atoms with Crippen LogP contribution in [0.1, 0.15) is 34.2 Å². The Morgan fingerprint density at radius 2 is 2.19 bits per heavy atom. The topological polar surface area (TPSA) is 39.2 Å². The normalized spacial score (nSPS) is 11.6. The van der Waals surface area contributed by atoms with Crippen molar-refractivity contribution in [3.63, 3.8) is 0 Å². The van der Waals surface area contributed by atoms with Crippen molar-refractivity contribution in [2.45, 2.75) is 33.1 Å². The van der Waals surface area contributed by atoms with Crippen LogP contribution < -0.4 is 0 Å². The molecule has 0 amide bonds. The Balaban J connectivity index is 2.86. The first-order valence-electron chi connectivity index (χ1n) is 4.84. The molecule has 0 radical (unpaired) electrons. The lowest BCUT2D eigenvalue weighted by atomic mass is 10.2. The van der Waals surface area contributed by atoms with Gasteiger partial charge in [-0.15, -0.1) is 11.3 Å². The van der Waals surface area contributed by atoms with E-state index in [1.54, 1.807) is 13.8 Å². The van der Waals surface area contributed by atoms with Crippen LogP contribution in [0.5, 0.6) is 0 Å². The summed E-state index contributed by atoms with van der Waals surface area (Å²) in [7, 11) is 0. The van der Waals surface area contributed by atoms with E-state index in [0.717, 1.165) is 18.3 Å². The van der Waals surface area contributed by atoms with Gasteiger partial charge in [-0.2, -0.15) is 0 Å². The van der Waals surface area contributed by atoms with Crippen LogP contribution in [0.4, 0.5) is 8.78 Å². The van der Waals surface area contributed by atoms with Gasteiger partial charge in [-0.25, -0.2) is 18.6 Å². The van der Waals surface area contributed by atoms with Gasteiger partial charge in [0.25, 0.3) is 0 Å². The van der Waals surface area contributed by atoms with Crippen LogP contribution in [-0.4, -0.2) is 23.5 Å². The predicted molar refractivity (Wildman–Crippen MR) is 57.1 cm³/mol. The highest BCUT2D eigenvalue weighted by molar-refractivity contribution is 7.13. The van der Waals surface area contributed by atoms with Gasteiger partial charge in [-0.1, -0.05) is 0 Å². The summed E-state index contributed by atoms with van der Waals surface area (Å²) in [6.45, 7) is 4.38. The fraction of sp³-hybridized carbons (Fsp3) is 0.600. The Bertz CT molecular complexity index is 385. The number of thiazole rings is 1. The number of carbonyl (C=O) groups excluding carboxylic acids is 1. The van der Waals surface area contributed by atoms with E-state index in [2.05, 4.69) is 4.98 Å². The zero-order valence-corrected chi connectivity index (χ0v) is 10.2. The lowest BCUT2D eigenvalue weighted by Gasteiger charge is -2.07. The minimum Gasteiger partial charge on any atom is -0.461 e. The standard InChI is InChI=1S/C10H13F2NO2S/c1-4-15-9(14)8-13-6(2)7(16-8)5-10(3,11)12/h4-5H2,1-3H3. The van der Waals surface area contributed by atoms with E-state index in [0.29, 0.717) is 10.6 Å². The van der Waals surface area contributed by atoms with Gasteiger partial charge in [0, 0.05) is 11.3 Å². The van der Waals surface area contributed by atoms with Crippen LogP contribution in [0.15, 0.2) is 0 Å². The second-order valence-electron chi connectivity index (χ2n) is 3.50. The van der Waals surface area contributed by atoms with E-state index in [1.807, 2.05) is 0 Å². The lowest BCUT2D eigenvalue weighted by Crippen LogP contribution is -2.13. The number of hydrogen-bond acceptors (Lipinski definition) is 4. The summed E-state index contributed by atoms with van der Waals surface area (Å²) in [5.41, 5.74) is 0.467. The zero-order valence-electron chi connectivity index (χ0n) is 9.34. The second kappa shape index (κ2) is 4.86. The van der Waals surface area contributed by atoms with Crippen LogP contribution in [0.3, 0.4) is 0 Å². The molecule has 0 unspecified atom stereocenters. The molecule has 1 aromatic heterocycles. The largest absolute Gasteiger partial charge is 0.461 e. The van der Waals surface area contributed by atoms with Gasteiger partial charge in [0.1, 0.15) is 0 Å². The third-order valence-electron chi connectivity index (χ3n) is 1.81. The van der Waals surface area contributed by atoms with Gasteiger partial charge >= 0.3 is 5.97 Å². The minimum absolute atomic E-state index is 0.138. The first-order valence-corrected chi connectivity index (χ1v) is 5.66. The van der Waals surface area contributed by atoms with Crippen LogP contribution in [-0.2, 0) is 11.2 Å². The summed E-state index contributed by atoms with van der Waals surface area (Å²) < 4.78 is 30.4. The summed E-state index contributed by atoms with van der Waals surface area (Å²) in [6, 6.07) is 0. The van der Waals surface area contributed by atoms with Gasteiger partial charge < -0.3 is 4.74 Å². The third kappa shape index (κ3) is 3.52. The molecule has 1 rings (SSSR count). The number of aryl methyl sites for hydroxylation is 1. The van der Waals surface area contributed by atoms with Crippen molar-refractivity contribution in [3.8, 4) is 0 Å². The highest BCUT2D eigenvalue weighted by Gasteiger charge is 2.26. The number of esters is 1. The summed E-state index contributed by atoms with van der Waals surface area (Å²) >= 11 is 0.969. The van der Waals surface area contributed by atoms with Gasteiger partial charge in [-0.05, 0) is 20.8 Å². The SMILES string of the molecule is CCOC(=O)c1nc(C)c(CC(C)(F)F)s1. The molecule has 90 valence electrons. The average Bonchev–Trinajstić information content (AvgIpc) is 2.45. The van der Waals surface area contributed by atoms with Crippen LogP contribution >= 0.6 is 11.3 Å². The Morgan fingerprint density at radius 1 is 1.56 bits per heavy atom. The highest BCUT2D eigenvalue weighted by atomic mass is 32.1. The number of alkyl halides is 2. The van der Waals surface area contributed by atoms with Crippen molar-refractivity contribution in [3.05, 3.63) is 15.6 Å². The van der Waals surface area contributed by atoms with E-state index in [9.17, 15) is 13.6 Å². The molecule has 6 heteroatoms. The molecule has 16 heavy (non-hydrogen) atoms. The van der Waals surface area contributed by atoms with E-state index in [1.165, 1.54) is 0 Å². The van der Waals surface area contributed by atoms with Gasteiger partial charge in [0.15, 0.2) is 0 Å². The van der Waals surface area contributed by atoms with E-state index < -0.39 is 18.3 Å². The predicted octanol–water partition coefficient (Wildman–Crippen LogP) is 2.83. The van der Waals surface area contributed by atoms with Crippen LogP contribution in [0.2, 0.25) is 0 Å². The molecule has 0 atom stereocenters. The van der Waals surface area contributed by atoms with E-state index in [4.69, 9.17) is 4.74 Å². The van der Waals surface area contributed by atoms with Crippen molar-refractivity contribution in [2.24, 2.45) is 0 Å². The first kappa shape index (κ1) is 13.0. The number of rotatable bonds is 4. The number of nitrogens with zero attached hydrogens (tertiary/aromatic N) is 1. The monoisotopic (exact) mass is 249 g/mol. The lowest BCUT2D eigenvalue weighted by molar-refractivity contribution is 0.0232. The quantitative estimate of drug-likeness (QED) is 0.770. The fourth-order valence-electron chi connectivity index (χ4n) is 1.15. The maximum Gasteiger partial charge on any atom is 0.367 e. The summed E-state index contributed by atoms with van der Waals surface area (Å²) in [6.07, 6.45) is -0.393. The van der Waals surface area contributed by atoms with Crippen molar-refractivity contribution in [1.29, 1.82) is 0 Å². The highest BCUT2D eigenvalue weighted by Crippen LogP contribution is 2.26. The van der Waals surface area contributed by atoms with Crippen molar-refractivity contribution in [2.75, 3.05) is 6.61 Å². The Labute approximate surface area is 96.5 Å². The van der Waals surface area contributed by atoms with Gasteiger partial charge in [0.05, 0.1) is 12.3 Å². The maximum atomic E-state index is 12.8. The number of aromatic nitrogens is 1. The van der Waals surface area contributed by atoms with Crippen molar-refractivity contribution >= 4 is 17.3 Å². The summed E-state index contributed by atoms with van der Waals surface area (Å²) in [5, 5.41) is 0.138. The number of ether oxygens (including phenoxy) is 1. The van der Waals surface area contributed by atoms with Crippen LogP contribution in [0, 0.1) is 6.92 Å². The summed E-state index contributed by atoms with van der Waals surface area (Å²) in [5.74, 6) is -3.34. The molecule has 0 aliphatic heterocycles. The molecule has 3 nitrogen and oxygen atoms in total. The number of carbonyl (C=O) groups is 1. The van der Waals surface area contributed by atoms with Crippen molar-refractivity contribution in [1.82, 2.24) is 4.98 Å². The molecule has 0 aliphatic rings. The second-order valence-corrected chi connectivity index (χ2v) is 4.58. The van der Waals surface area contributed by atoms with Gasteiger partial charge in [-0.3, -0.25) is 0 Å². The molecule has 1 aromatic rings.